The Morgan fingerprint density at radius 3 is 2.43 bits per heavy atom. The Morgan fingerprint density at radius 1 is 1.36 bits per heavy atom. The van der Waals surface area contributed by atoms with Gasteiger partial charge in [-0.15, -0.1) is 0 Å². The molecule has 0 saturated heterocycles. The maximum Gasteiger partial charge on any atom is 0.417 e. The molecule has 0 amide bonds. The van der Waals surface area contributed by atoms with Crippen molar-refractivity contribution in [2.24, 2.45) is 0 Å². The SMILES string of the molecule is C=Cc1ccc(OC)cc1C(F)(F)F. The molecule has 0 unspecified atom stereocenters. The Labute approximate surface area is 79.8 Å². The molecular formula is C10H9F3O. The van der Waals surface area contributed by atoms with Gasteiger partial charge in [0, 0.05) is 0 Å². The van der Waals surface area contributed by atoms with Crippen molar-refractivity contribution in [3.8, 4) is 5.75 Å². The molecule has 14 heavy (non-hydrogen) atoms. The molecule has 0 aliphatic carbocycles. The molecule has 0 aliphatic heterocycles. The van der Waals surface area contributed by atoms with Gasteiger partial charge in [-0.25, -0.2) is 0 Å². The summed E-state index contributed by atoms with van der Waals surface area (Å²) in [5.41, 5.74) is -0.676. The highest BCUT2D eigenvalue weighted by atomic mass is 19.4. The molecule has 0 N–H and O–H groups in total. The van der Waals surface area contributed by atoms with E-state index in [1.165, 1.54) is 25.3 Å². The molecule has 4 heteroatoms. The van der Waals surface area contributed by atoms with Gasteiger partial charge in [-0.1, -0.05) is 18.7 Å². The lowest BCUT2D eigenvalue weighted by Crippen LogP contribution is -2.07. The Kier molecular flexibility index (Phi) is 2.84. The van der Waals surface area contributed by atoms with Crippen LogP contribution < -0.4 is 4.74 Å². The summed E-state index contributed by atoms with van der Waals surface area (Å²) in [6.45, 7) is 3.32. The predicted molar refractivity (Wildman–Crippen MR) is 48.1 cm³/mol. The molecule has 0 atom stereocenters. The highest BCUT2D eigenvalue weighted by molar-refractivity contribution is 5.55. The summed E-state index contributed by atoms with van der Waals surface area (Å²) in [6, 6.07) is 3.75. The molecule has 0 aromatic heterocycles. The summed E-state index contributed by atoms with van der Waals surface area (Å²) < 4.78 is 42.1. The monoisotopic (exact) mass is 202 g/mol. The first-order chi connectivity index (χ1) is 6.49. The van der Waals surface area contributed by atoms with Crippen LogP contribution in [-0.2, 0) is 6.18 Å². The summed E-state index contributed by atoms with van der Waals surface area (Å²) >= 11 is 0. The fraction of sp³-hybridized carbons (Fsp3) is 0.200. The summed E-state index contributed by atoms with van der Waals surface area (Å²) in [7, 11) is 1.32. The first kappa shape index (κ1) is 10.6. The van der Waals surface area contributed by atoms with Crippen LogP contribution >= 0.6 is 0 Å². The van der Waals surface area contributed by atoms with Crippen LogP contribution in [0.5, 0.6) is 5.75 Å². The maximum atomic E-state index is 12.4. The molecule has 1 aromatic rings. The van der Waals surface area contributed by atoms with Gasteiger partial charge >= 0.3 is 6.18 Å². The molecule has 0 spiro atoms. The van der Waals surface area contributed by atoms with Crippen LogP contribution in [0.3, 0.4) is 0 Å². The van der Waals surface area contributed by atoms with Crippen LogP contribution in [0.25, 0.3) is 6.08 Å². The first-order valence-electron chi connectivity index (χ1n) is 3.86. The maximum absolute atomic E-state index is 12.4. The third kappa shape index (κ3) is 2.07. The third-order valence-electron chi connectivity index (χ3n) is 1.79. The second-order valence-corrected chi connectivity index (χ2v) is 2.66. The number of rotatable bonds is 2. The lowest BCUT2D eigenvalue weighted by molar-refractivity contribution is -0.137. The Bertz CT molecular complexity index is 342. The highest BCUT2D eigenvalue weighted by Gasteiger charge is 2.33. The van der Waals surface area contributed by atoms with E-state index in [9.17, 15) is 13.2 Å². The zero-order chi connectivity index (χ0) is 10.8. The number of benzene rings is 1. The first-order valence-corrected chi connectivity index (χ1v) is 3.86. The lowest BCUT2D eigenvalue weighted by atomic mass is 10.1. The molecule has 0 aliphatic rings. The number of methoxy groups -OCH3 is 1. The van der Waals surface area contributed by atoms with Gasteiger partial charge in [0.05, 0.1) is 12.7 Å². The zero-order valence-corrected chi connectivity index (χ0v) is 7.56. The van der Waals surface area contributed by atoms with Gasteiger partial charge in [0.2, 0.25) is 0 Å². The fourth-order valence-corrected chi connectivity index (χ4v) is 1.09. The zero-order valence-electron chi connectivity index (χ0n) is 7.56. The second-order valence-electron chi connectivity index (χ2n) is 2.66. The van der Waals surface area contributed by atoms with Gasteiger partial charge in [0.15, 0.2) is 0 Å². The number of hydrogen-bond donors (Lipinski definition) is 0. The number of ether oxygens (including phenoxy) is 1. The van der Waals surface area contributed by atoms with E-state index in [1.54, 1.807) is 0 Å². The van der Waals surface area contributed by atoms with Crippen molar-refractivity contribution in [1.29, 1.82) is 0 Å². The molecule has 1 aromatic carbocycles. The minimum atomic E-state index is -4.38. The highest BCUT2D eigenvalue weighted by Crippen LogP contribution is 2.34. The van der Waals surface area contributed by atoms with Gasteiger partial charge < -0.3 is 4.74 Å². The molecule has 1 rings (SSSR count). The minimum absolute atomic E-state index is 0.0540. The number of halogens is 3. The van der Waals surface area contributed by atoms with E-state index < -0.39 is 11.7 Å². The van der Waals surface area contributed by atoms with Gasteiger partial charge in [-0.2, -0.15) is 13.2 Å². The minimum Gasteiger partial charge on any atom is -0.497 e. The van der Waals surface area contributed by atoms with Gasteiger partial charge in [-0.05, 0) is 17.7 Å². The Hall–Kier alpha value is -1.45. The van der Waals surface area contributed by atoms with Crippen molar-refractivity contribution in [3.63, 3.8) is 0 Å². The average Bonchev–Trinajstić information content (AvgIpc) is 2.15. The number of alkyl halides is 3. The van der Waals surface area contributed by atoms with E-state index >= 15 is 0 Å². The number of hydrogen-bond acceptors (Lipinski definition) is 1. The summed E-state index contributed by atoms with van der Waals surface area (Å²) in [5.74, 6) is 0.183. The van der Waals surface area contributed by atoms with Crippen LogP contribution in [0.2, 0.25) is 0 Å². The largest absolute Gasteiger partial charge is 0.497 e. The third-order valence-corrected chi connectivity index (χ3v) is 1.79. The van der Waals surface area contributed by atoms with Crippen LogP contribution in [0.4, 0.5) is 13.2 Å². The normalized spacial score (nSPS) is 11.1. The average molecular weight is 202 g/mol. The molecular weight excluding hydrogens is 193 g/mol. The molecule has 0 fully saturated rings. The molecule has 0 heterocycles. The van der Waals surface area contributed by atoms with Crippen molar-refractivity contribution in [2.75, 3.05) is 7.11 Å². The quantitative estimate of drug-likeness (QED) is 0.714. The van der Waals surface area contributed by atoms with E-state index in [0.29, 0.717) is 0 Å². The predicted octanol–water partition coefficient (Wildman–Crippen LogP) is 3.36. The van der Waals surface area contributed by atoms with E-state index in [-0.39, 0.29) is 11.3 Å². The van der Waals surface area contributed by atoms with Crippen molar-refractivity contribution in [3.05, 3.63) is 35.9 Å². The molecule has 76 valence electrons. The van der Waals surface area contributed by atoms with Crippen LogP contribution in [0.1, 0.15) is 11.1 Å². The van der Waals surface area contributed by atoms with E-state index in [0.717, 1.165) is 6.07 Å². The summed E-state index contributed by atoms with van der Waals surface area (Å²) in [5, 5.41) is 0. The fourth-order valence-electron chi connectivity index (χ4n) is 1.09. The van der Waals surface area contributed by atoms with E-state index in [1.807, 2.05) is 0 Å². The summed E-state index contributed by atoms with van der Waals surface area (Å²) in [4.78, 5) is 0. The van der Waals surface area contributed by atoms with E-state index in [4.69, 9.17) is 4.74 Å². The van der Waals surface area contributed by atoms with Crippen molar-refractivity contribution < 1.29 is 17.9 Å². The van der Waals surface area contributed by atoms with Crippen molar-refractivity contribution in [1.82, 2.24) is 0 Å². The topological polar surface area (TPSA) is 9.23 Å². The smallest absolute Gasteiger partial charge is 0.417 e. The van der Waals surface area contributed by atoms with Crippen LogP contribution in [-0.4, -0.2) is 7.11 Å². The molecule has 0 saturated carbocycles. The lowest BCUT2D eigenvalue weighted by Gasteiger charge is -2.11. The Balaban J connectivity index is 3.29. The van der Waals surface area contributed by atoms with Crippen LogP contribution in [0.15, 0.2) is 24.8 Å². The van der Waals surface area contributed by atoms with Gasteiger partial charge in [0.1, 0.15) is 5.75 Å². The second kappa shape index (κ2) is 3.74. The Morgan fingerprint density at radius 2 is 2.00 bits per heavy atom. The molecule has 0 radical (unpaired) electrons. The van der Waals surface area contributed by atoms with Crippen molar-refractivity contribution in [2.45, 2.75) is 6.18 Å². The molecule has 0 bridgehead atoms. The van der Waals surface area contributed by atoms with Crippen molar-refractivity contribution >= 4 is 6.08 Å². The standard InChI is InChI=1S/C10H9F3O/c1-3-7-4-5-8(14-2)6-9(7)10(11,12)13/h3-6H,1H2,2H3. The molecule has 1 nitrogen and oxygen atoms in total. The van der Waals surface area contributed by atoms with Crippen LogP contribution in [0, 0.1) is 0 Å². The van der Waals surface area contributed by atoms with Gasteiger partial charge in [0.25, 0.3) is 0 Å². The van der Waals surface area contributed by atoms with E-state index in [2.05, 4.69) is 6.58 Å². The van der Waals surface area contributed by atoms with Gasteiger partial charge in [-0.3, -0.25) is 0 Å². The summed E-state index contributed by atoms with van der Waals surface area (Å²) in [6.07, 6.45) is -3.21.